The normalized spacial score (nSPS) is 36.5. The smallest absolute Gasteiger partial charge is 0.254 e. The molecule has 2 fully saturated rings. The fourth-order valence-electron chi connectivity index (χ4n) is 3.67. The molecule has 0 aromatic heterocycles. The monoisotopic (exact) mass is 337 g/mol. The van der Waals surface area contributed by atoms with Gasteiger partial charge >= 0.3 is 0 Å². The van der Waals surface area contributed by atoms with Crippen LogP contribution in [0, 0.1) is 0 Å². The third kappa shape index (κ3) is 3.18. The number of benzene rings is 1. The molecule has 2 saturated heterocycles. The Bertz CT molecular complexity index is 567. The molecular weight excluding hydrogens is 314 g/mol. The van der Waals surface area contributed by atoms with Crippen molar-refractivity contribution in [2.45, 2.75) is 55.9 Å². The number of carbonyl (C=O) groups excluding carboxylic acids is 1. The van der Waals surface area contributed by atoms with Gasteiger partial charge in [0.1, 0.15) is 6.10 Å². The third-order valence-corrected chi connectivity index (χ3v) is 4.88. The number of carbonyl (C=O) groups is 1. The van der Waals surface area contributed by atoms with E-state index in [4.69, 9.17) is 4.74 Å². The van der Waals surface area contributed by atoms with Gasteiger partial charge in [0.05, 0.1) is 31.5 Å². The van der Waals surface area contributed by atoms with Crippen molar-refractivity contribution < 1.29 is 30.0 Å². The molecule has 2 aliphatic rings. The van der Waals surface area contributed by atoms with Crippen molar-refractivity contribution in [1.29, 1.82) is 0 Å². The van der Waals surface area contributed by atoms with Gasteiger partial charge in [0, 0.05) is 6.04 Å². The van der Waals surface area contributed by atoms with Crippen LogP contribution in [0.2, 0.25) is 0 Å². The number of nitrogens with zero attached hydrogens (tertiary/aromatic N) is 1. The zero-order valence-corrected chi connectivity index (χ0v) is 13.2. The van der Waals surface area contributed by atoms with Crippen molar-refractivity contribution in [3.05, 3.63) is 35.9 Å². The van der Waals surface area contributed by atoms with Gasteiger partial charge in [0.2, 0.25) is 0 Å². The number of amides is 1. The van der Waals surface area contributed by atoms with Crippen LogP contribution in [0.15, 0.2) is 30.3 Å². The Balaban J connectivity index is 1.76. The van der Waals surface area contributed by atoms with E-state index in [-0.39, 0.29) is 26.1 Å². The maximum Gasteiger partial charge on any atom is 0.254 e. The molecule has 0 unspecified atom stereocenters. The average molecular weight is 337 g/mol. The minimum absolute atomic E-state index is 0.172. The number of hydrogen-bond acceptors (Lipinski definition) is 6. The molecule has 0 saturated carbocycles. The fraction of sp³-hybridized carbons (Fsp3) is 0.588. The van der Waals surface area contributed by atoms with Crippen molar-refractivity contribution in [3.63, 3.8) is 0 Å². The molecule has 4 N–H and O–H groups in total. The maximum atomic E-state index is 12.3. The summed E-state index contributed by atoms with van der Waals surface area (Å²) in [5.41, 5.74) is 0.920. The number of fused-ring (bicyclic) bond motifs is 1. The summed E-state index contributed by atoms with van der Waals surface area (Å²) in [7, 11) is 0. The highest BCUT2D eigenvalue weighted by molar-refractivity contribution is 5.83. The van der Waals surface area contributed by atoms with Crippen LogP contribution in [0.4, 0.5) is 0 Å². The SMILES string of the molecule is O=C1[C@H](O)[C@H](O)C[C@H]2C[C@@H](O)[C@@H](OCc3ccccc3)[C@H](CO)N12. The van der Waals surface area contributed by atoms with Crippen LogP contribution in [0.25, 0.3) is 0 Å². The molecular formula is C17H23NO6. The molecule has 1 amide bonds. The summed E-state index contributed by atoms with van der Waals surface area (Å²) in [4.78, 5) is 13.7. The number of piperidine rings is 2. The third-order valence-electron chi connectivity index (χ3n) is 4.88. The van der Waals surface area contributed by atoms with Crippen molar-refractivity contribution in [2.75, 3.05) is 6.61 Å². The lowest BCUT2D eigenvalue weighted by Gasteiger charge is -2.51. The Morgan fingerprint density at radius 1 is 1.08 bits per heavy atom. The summed E-state index contributed by atoms with van der Waals surface area (Å²) in [5.74, 6) is -0.627. The molecule has 0 aliphatic carbocycles. The molecule has 3 rings (SSSR count). The van der Waals surface area contributed by atoms with E-state index >= 15 is 0 Å². The van der Waals surface area contributed by atoms with E-state index in [0.29, 0.717) is 0 Å². The van der Waals surface area contributed by atoms with Crippen molar-refractivity contribution in [2.24, 2.45) is 0 Å². The van der Waals surface area contributed by atoms with E-state index in [0.717, 1.165) is 5.56 Å². The van der Waals surface area contributed by atoms with Gasteiger partial charge in [-0.3, -0.25) is 4.79 Å². The summed E-state index contributed by atoms with van der Waals surface area (Å²) in [5, 5.41) is 39.8. The Kier molecular flexibility index (Phi) is 5.17. The minimum atomic E-state index is -1.50. The lowest BCUT2D eigenvalue weighted by molar-refractivity contribution is -0.191. The largest absolute Gasteiger partial charge is 0.394 e. The van der Waals surface area contributed by atoms with Gasteiger partial charge in [0.25, 0.3) is 5.91 Å². The van der Waals surface area contributed by atoms with E-state index in [1.54, 1.807) is 0 Å². The molecule has 0 spiro atoms. The average Bonchev–Trinajstić information content (AvgIpc) is 2.58. The first kappa shape index (κ1) is 17.3. The van der Waals surface area contributed by atoms with E-state index < -0.39 is 42.4 Å². The van der Waals surface area contributed by atoms with Crippen LogP contribution < -0.4 is 0 Å². The van der Waals surface area contributed by atoms with Crippen LogP contribution in [0.1, 0.15) is 18.4 Å². The molecule has 7 heteroatoms. The number of rotatable bonds is 4. The van der Waals surface area contributed by atoms with Gasteiger partial charge in [-0.2, -0.15) is 0 Å². The first-order chi connectivity index (χ1) is 11.5. The molecule has 132 valence electrons. The predicted molar refractivity (Wildman–Crippen MR) is 83.8 cm³/mol. The van der Waals surface area contributed by atoms with Gasteiger partial charge in [-0.05, 0) is 18.4 Å². The summed E-state index contributed by atoms with van der Waals surface area (Å²) < 4.78 is 5.80. The lowest BCUT2D eigenvalue weighted by Crippen LogP contribution is -2.68. The van der Waals surface area contributed by atoms with Gasteiger partial charge < -0.3 is 30.1 Å². The van der Waals surface area contributed by atoms with E-state index in [9.17, 15) is 25.2 Å². The van der Waals surface area contributed by atoms with Gasteiger partial charge in [0.15, 0.2) is 6.10 Å². The van der Waals surface area contributed by atoms with Crippen LogP contribution in [-0.4, -0.2) is 74.3 Å². The highest BCUT2D eigenvalue weighted by atomic mass is 16.5. The molecule has 2 aliphatic heterocycles. The minimum Gasteiger partial charge on any atom is -0.394 e. The molecule has 6 atom stereocenters. The summed E-state index contributed by atoms with van der Waals surface area (Å²) in [6.45, 7) is -0.140. The van der Waals surface area contributed by atoms with Crippen LogP contribution >= 0.6 is 0 Å². The van der Waals surface area contributed by atoms with E-state index in [2.05, 4.69) is 0 Å². The van der Waals surface area contributed by atoms with E-state index in [1.165, 1.54) is 4.90 Å². The summed E-state index contributed by atoms with van der Waals surface area (Å²) >= 11 is 0. The molecule has 1 aromatic rings. The molecule has 2 heterocycles. The highest BCUT2D eigenvalue weighted by Crippen LogP contribution is 2.33. The first-order valence-corrected chi connectivity index (χ1v) is 8.15. The Morgan fingerprint density at radius 2 is 1.75 bits per heavy atom. The quantitative estimate of drug-likeness (QED) is 0.562. The zero-order valence-electron chi connectivity index (χ0n) is 13.2. The Morgan fingerprint density at radius 3 is 2.42 bits per heavy atom. The van der Waals surface area contributed by atoms with Gasteiger partial charge in [-0.25, -0.2) is 0 Å². The predicted octanol–water partition coefficient (Wildman–Crippen LogP) is -0.980. The summed E-state index contributed by atoms with van der Waals surface area (Å²) in [6.07, 6.45) is -3.84. The maximum absolute atomic E-state index is 12.3. The highest BCUT2D eigenvalue weighted by Gasteiger charge is 2.51. The van der Waals surface area contributed by atoms with Crippen LogP contribution in [-0.2, 0) is 16.1 Å². The van der Waals surface area contributed by atoms with Crippen molar-refractivity contribution in [1.82, 2.24) is 4.90 Å². The van der Waals surface area contributed by atoms with Crippen molar-refractivity contribution in [3.8, 4) is 0 Å². The zero-order chi connectivity index (χ0) is 17.3. The molecule has 0 radical (unpaired) electrons. The number of aliphatic hydroxyl groups is 4. The molecule has 0 bridgehead atoms. The van der Waals surface area contributed by atoms with Crippen LogP contribution in [0.3, 0.4) is 0 Å². The Hall–Kier alpha value is -1.51. The number of hydrogen-bond donors (Lipinski definition) is 4. The lowest BCUT2D eigenvalue weighted by atomic mass is 9.83. The molecule has 1 aromatic carbocycles. The second-order valence-electron chi connectivity index (χ2n) is 6.46. The van der Waals surface area contributed by atoms with Crippen LogP contribution in [0.5, 0.6) is 0 Å². The second-order valence-corrected chi connectivity index (χ2v) is 6.46. The second kappa shape index (κ2) is 7.16. The molecule has 24 heavy (non-hydrogen) atoms. The number of aliphatic hydroxyl groups excluding tert-OH is 4. The fourth-order valence-corrected chi connectivity index (χ4v) is 3.67. The molecule has 7 nitrogen and oxygen atoms in total. The van der Waals surface area contributed by atoms with Crippen molar-refractivity contribution >= 4 is 5.91 Å². The van der Waals surface area contributed by atoms with Gasteiger partial charge in [-0.1, -0.05) is 30.3 Å². The van der Waals surface area contributed by atoms with Gasteiger partial charge in [-0.15, -0.1) is 0 Å². The summed E-state index contributed by atoms with van der Waals surface area (Å²) in [6, 6.07) is 8.25. The first-order valence-electron chi connectivity index (χ1n) is 8.15. The standard InChI is InChI=1S/C17H23NO6/c19-8-12-16(24-9-10-4-2-1-3-5-10)14(21)7-11-6-13(20)15(22)17(23)18(11)12/h1-5,11-16,19-22H,6-9H2/t11-,12-,13+,14+,15+,16-/m0/s1. The topological polar surface area (TPSA) is 110 Å². The number of ether oxygens (including phenoxy) is 1. The van der Waals surface area contributed by atoms with E-state index in [1.807, 2.05) is 30.3 Å². The Labute approximate surface area is 140 Å².